The molecule has 1 N–H and O–H groups in total. The van der Waals surface area contributed by atoms with Crippen LogP contribution < -0.4 is 4.90 Å². The lowest BCUT2D eigenvalue weighted by Crippen LogP contribution is -2.28. The second kappa shape index (κ2) is 4.93. The zero-order chi connectivity index (χ0) is 11.4. The summed E-state index contributed by atoms with van der Waals surface area (Å²) in [7, 11) is 1.55. The quantitative estimate of drug-likeness (QED) is 0.855. The number of carbonyl (C=O) groups is 2. The number of rotatable bonds is 3. The van der Waals surface area contributed by atoms with E-state index in [1.165, 1.54) is 4.90 Å². The van der Waals surface area contributed by atoms with Crippen molar-refractivity contribution in [2.75, 3.05) is 11.9 Å². The number of halogens is 1. The zero-order valence-corrected chi connectivity index (χ0v) is 9.69. The number of anilines is 1. The monoisotopic (exact) mass is 271 g/mol. The van der Waals surface area contributed by atoms with Crippen LogP contribution >= 0.6 is 15.9 Å². The highest BCUT2D eigenvalue weighted by molar-refractivity contribution is 9.10. The first-order valence-electron chi connectivity index (χ1n) is 4.24. The van der Waals surface area contributed by atoms with E-state index in [0.29, 0.717) is 5.69 Å². The highest BCUT2D eigenvalue weighted by Gasteiger charge is 2.14. The minimum Gasteiger partial charge on any atom is -0.481 e. The first-order valence-corrected chi connectivity index (χ1v) is 5.04. The Morgan fingerprint density at radius 3 is 2.33 bits per heavy atom. The molecule has 0 aliphatic rings. The fraction of sp³-hybridized carbons (Fsp3) is 0.200. The molecular weight excluding hydrogens is 262 g/mol. The van der Waals surface area contributed by atoms with E-state index < -0.39 is 18.3 Å². The Labute approximate surface area is 95.6 Å². The molecule has 80 valence electrons. The summed E-state index contributed by atoms with van der Waals surface area (Å²) < 4.78 is 0.908. The van der Waals surface area contributed by atoms with E-state index in [9.17, 15) is 9.59 Å². The minimum absolute atomic E-state index is 0.440. The molecule has 0 spiro atoms. The largest absolute Gasteiger partial charge is 0.481 e. The van der Waals surface area contributed by atoms with Gasteiger partial charge in [-0.15, -0.1) is 0 Å². The molecule has 1 aromatic carbocycles. The lowest BCUT2D eigenvalue weighted by Gasteiger charge is -2.16. The highest BCUT2D eigenvalue weighted by atomic mass is 79.9. The van der Waals surface area contributed by atoms with Crippen molar-refractivity contribution in [1.29, 1.82) is 0 Å². The molecule has 1 amide bonds. The molecule has 5 heteroatoms. The maximum absolute atomic E-state index is 11.4. The Morgan fingerprint density at radius 2 is 1.87 bits per heavy atom. The molecule has 0 atom stereocenters. The summed E-state index contributed by atoms with van der Waals surface area (Å²) in [6.45, 7) is 0. The number of carboxylic acid groups (broad SMARTS) is 1. The van der Waals surface area contributed by atoms with Crippen molar-refractivity contribution >= 4 is 33.5 Å². The van der Waals surface area contributed by atoms with Gasteiger partial charge in [0, 0.05) is 17.2 Å². The van der Waals surface area contributed by atoms with E-state index in [2.05, 4.69) is 15.9 Å². The molecule has 0 heterocycles. The van der Waals surface area contributed by atoms with Gasteiger partial charge in [0.15, 0.2) is 0 Å². The van der Waals surface area contributed by atoms with Gasteiger partial charge in [0.2, 0.25) is 5.91 Å². The summed E-state index contributed by atoms with van der Waals surface area (Å²) in [6.07, 6.45) is -0.493. The Morgan fingerprint density at radius 1 is 1.33 bits per heavy atom. The predicted molar refractivity (Wildman–Crippen MR) is 59.8 cm³/mol. The topological polar surface area (TPSA) is 57.6 Å². The van der Waals surface area contributed by atoms with Crippen LogP contribution in [-0.2, 0) is 9.59 Å². The Kier molecular flexibility index (Phi) is 3.85. The third-order valence-corrected chi connectivity index (χ3v) is 2.42. The van der Waals surface area contributed by atoms with Gasteiger partial charge in [0.25, 0.3) is 0 Å². The average Bonchev–Trinajstić information content (AvgIpc) is 2.17. The molecule has 0 aromatic heterocycles. The average molecular weight is 272 g/mol. The van der Waals surface area contributed by atoms with Crippen LogP contribution in [-0.4, -0.2) is 24.0 Å². The SMILES string of the molecule is CN(C(=O)CC(=O)O)c1ccc(Br)cc1. The first kappa shape index (κ1) is 11.7. The van der Waals surface area contributed by atoms with Gasteiger partial charge in [-0.25, -0.2) is 0 Å². The minimum atomic E-state index is -1.12. The number of carboxylic acids is 1. The lowest BCUT2D eigenvalue weighted by atomic mass is 10.3. The van der Waals surface area contributed by atoms with Gasteiger partial charge in [-0.05, 0) is 24.3 Å². The van der Waals surface area contributed by atoms with Crippen molar-refractivity contribution in [3.63, 3.8) is 0 Å². The fourth-order valence-electron chi connectivity index (χ4n) is 1.06. The molecule has 1 aromatic rings. The molecule has 0 saturated heterocycles. The maximum Gasteiger partial charge on any atom is 0.312 e. The normalized spacial score (nSPS) is 9.73. The molecule has 0 aliphatic carbocycles. The number of carbonyl (C=O) groups excluding carboxylic acids is 1. The van der Waals surface area contributed by atoms with Gasteiger partial charge in [-0.2, -0.15) is 0 Å². The molecule has 0 bridgehead atoms. The number of benzene rings is 1. The second-order valence-corrected chi connectivity index (χ2v) is 3.92. The number of nitrogens with zero attached hydrogens (tertiary/aromatic N) is 1. The van der Waals surface area contributed by atoms with Gasteiger partial charge < -0.3 is 10.0 Å². The van der Waals surface area contributed by atoms with Crippen LogP contribution in [0.4, 0.5) is 5.69 Å². The first-order chi connectivity index (χ1) is 7.00. The maximum atomic E-state index is 11.4. The standard InChI is InChI=1S/C10H10BrNO3/c1-12(9(13)6-10(14)15)8-4-2-7(11)3-5-8/h2-5H,6H2,1H3,(H,14,15). The van der Waals surface area contributed by atoms with Crippen LogP contribution in [0.25, 0.3) is 0 Å². The van der Waals surface area contributed by atoms with Crippen molar-refractivity contribution in [1.82, 2.24) is 0 Å². The molecular formula is C10H10BrNO3. The van der Waals surface area contributed by atoms with Gasteiger partial charge >= 0.3 is 5.97 Å². The van der Waals surface area contributed by atoms with Crippen molar-refractivity contribution in [3.05, 3.63) is 28.7 Å². The Hall–Kier alpha value is -1.36. The predicted octanol–water partition coefficient (Wildman–Crippen LogP) is 1.89. The highest BCUT2D eigenvalue weighted by Crippen LogP contribution is 2.17. The summed E-state index contributed by atoms with van der Waals surface area (Å²) in [5, 5.41) is 8.47. The van der Waals surface area contributed by atoms with Crippen molar-refractivity contribution in [3.8, 4) is 0 Å². The lowest BCUT2D eigenvalue weighted by molar-refractivity contribution is -0.140. The number of hydrogen-bond donors (Lipinski definition) is 1. The Bertz CT molecular complexity index is 375. The summed E-state index contributed by atoms with van der Waals surface area (Å²) in [6, 6.07) is 7.06. The summed E-state index contributed by atoms with van der Waals surface area (Å²) in [5.41, 5.74) is 0.671. The van der Waals surface area contributed by atoms with Crippen LogP contribution in [0.5, 0.6) is 0 Å². The fourth-order valence-corrected chi connectivity index (χ4v) is 1.32. The van der Waals surface area contributed by atoms with Gasteiger partial charge in [-0.3, -0.25) is 9.59 Å². The van der Waals surface area contributed by atoms with Crippen LogP contribution in [0.1, 0.15) is 6.42 Å². The molecule has 0 radical (unpaired) electrons. The smallest absolute Gasteiger partial charge is 0.312 e. The molecule has 0 fully saturated rings. The van der Waals surface area contributed by atoms with E-state index in [-0.39, 0.29) is 0 Å². The van der Waals surface area contributed by atoms with Gasteiger partial charge in [0.1, 0.15) is 6.42 Å². The zero-order valence-electron chi connectivity index (χ0n) is 8.11. The number of amides is 1. The molecule has 15 heavy (non-hydrogen) atoms. The van der Waals surface area contributed by atoms with Crippen LogP contribution in [0.15, 0.2) is 28.7 Å². The van der Waals surface area contributed by atoms with Crippen molar-refractivity contribution in [2.24, 2.45) is 0 Å². The summed E-state index contributed by atoms with van der Waals surface area (Å²) in [5.74, 6) is -1.56. The van der Waals surface area contributed by atoms with E-state index >= 15 is 0 Å². The third-order valence-electron chi connectivity index (χ3n) is 1.89. The Balaban J connectivity index is 2.76. The van der Waals surface area contributed by atoms with Crippen LogP contribution in [0, 0.1) is 0 Å². The molecule has 0 aliphatic heterocycles. The van der Waals surface area contributed by atoms with Gasteiger partial charge in [0.05, 0.1) is 0 Å². The van der Waals surface area contributed by atoms with Crippen molar-refractivity contribution in [2.45, 2.75) is 6.42 Å². The molecule has 0 saturated carbocycles. The van der Waals surface area contributed by atoms with Gasteiger partial charge in [-0.1, -0.05) is 15.9 Å². The molecule has 4 nitrogen and oxygen atoms in total. The summed E-state index contributed by atoms with van der Waals surface area (Å²) in [4.78, 5) is 23.0. The van der Waals surface area contributed by atoms with E-state index in [4.69, 9.17) is 5.11 Å². The summed E-state index contributed by atoms with van der Waals surface area (Å²) >= 11 is 3.27. The van der Waals surface area contributed by atoms with E-state index in [0.717, 1.165) is 4.47 Å². The van der Waals surface area contributed by atoms with Crippen molar-refractivity contribution < 1.29 is 14.7 Å². The third kappa shape index (κ3) is 3.36. The molecule has 1 rings (SSSR count). The van der Waals surface area contributed by atoms with E-state index in [1.54, 1.807) is 31.3 Å². The number of hydrogen-bond acceptors (Lipinski definition) is 2. The van der Waals surface area contributed by atoms with E-state index in [1.807, 2.05) is 0 Å². The van der Waals surface area contributed by atoms with Crippen LogP contribution in [0.2, 0.25) is 0 Å². The molecule has 0 unspecified atom stereocenters. The van der Waals surface area contributed by atoms with Crippen LogP contribution in [0.3, 0.4) is 0 Å². The second-order valence-electron chi connectivity index (χ2n) is 3.00. The number of aliphatic carboxylic acids is 1.